The van der Waals surface area contributed by atoms with E-state index in [2.05, 4.69) is 38.7 Å². The largest absolute Gasteiger partial charge is 0.497 e. The standard InChI is InChI=1S/C23H30N4O3/c1-24-23(25-10-8-17-6-7-21-22(12-17)30-16-29-21)26-14-18-9-11-27(15-18)19-4-3-5-20(13-19)28-2/h3-7,12-13,18H,8-11,14-16H2,1-2H3,(H2,24,25,26). The minimum atomic E-state index is 0.310. The molecular weight excluding hydrogens is 380 g/mol. The van der Waals surface area contributed by atoms with E-state index in [4.69, 9.17) is 14.2 Å². The van der Waals surface area contributed by atoms with Crippen molar-refractivity contribution in [3.63, 3.8) is 0 Å². The van der Waals surface area contributed by atoms with E-state index < -0.39 is 0 Å². The quantitative estimate of drug-likeness (QED) is 0.540. The first kappa shape index (κ1) is 20.2. The molecule has 4 rings (SSSR count). The Morgan fingerprint density at radius 3 is 2.93 bits per heavy atom. The minimum absolute atomic E-state index is 0.310. The van der Waals surface area contributed by atoms with Gasteiger partial charge in [0.15, 0.2) is 17.5 Å². The second kappa shape index (κ2) is 9.61. The molecule has 2 aromatic carbocycles. The van der Waals surface area contributed by atoms with Crippen molar-refractivity contribution in [3.8, 4) is 17.2 Å². The van der Waals surface area contributed by atoms with Crippen molar-refractivity contribution in [1.29, 1.82) is 0 Å². The fraction of sp³-hybridized carbons (Fsp3) is 0.435. The number of methoxy groups -OCH3 is 1. The topological polar surface area (TPSA) is 67.4 Å². The van der Waals surface area contributed by atoms with Crippen molar-refractivity contribution < 1.29 is 14.2 Å². The number of nitrogens with zero attached hydrogens (tertiary/aromatic N) is 2. The van der Waals surface area contributed by atoms with Crippen LogP contribution in [0.2, 0.25) is 0 Å². The van der Waals surface area contributed by atoms with Gasteiger partial charge in [0.25, 0.3) is 0 Å². The average Bonchev–Trinajstić information content (AvgIpc) is 3.45. The molecule has 0 radical (unpaired) electrons. The molecule has 1 fully saturated rings. The van der Waals surface area contributed by atoms with Crippen LogP contribution in [-0.2, 0) is 6.42 Å². The lowest BCUT2D eigenvalue weighted by Crippen LogP contribution is -2.41. The molecule has 7 heteroatoms. The number of nitrogens with one attached hydrogen (secondary N) is 2. The third-order valence-electron chi connectivity index (χ3n) is 5.63. The van der Waals surface area contributed by atoms with Crippen LogP contribution in [0.15, 0.2) is 47.5 Å². The fourth-order valence-corrected chi connectivity index (χ4v) is 3.92. The maximum Gasteiger partial charge on any atom is 0.231 e. The zero-order valence-corrected chi connectivity index (χ0v) is 17.7. The number of rotatable bonds is 7. The number of guanidine groups is 1. The highest BCUT2D eigenvalue weighted by atomic mass is 16.7. The third kappa shape index (κ3) is 4.90. The molecule has 2 aliphatic heterocycles. The molecule has 1 atom stereocenters. The summed E-state index contributed by atoms with van der Waals surface area (Å²) >= 11 is 0. The van der Waals surface area contributed by atoms with Gasteiger partial charge in [0, 0.05) is 45.0 Å². The predicted molar refractivity (Wildman–Crippen MR) is 119 cm³/mol. The molecule has 1 saturated heterocycles. The maximum atomic E-state index is 5.45. The average molecular weight is 411 g/mol. The van der Waals surface area contributed by atoms with E-state index in [1.54, 1.807) is 7.11 Å². The van der Waals surface area contributed by atoms with Gasteiger partial charge in [0.2, 0.25) is 6.79 Å². The van der Waals surface area contributed by atoms with Crippen molar-refractivity contribution >= 4 is 11.6 Å². The van der Waals surface area contributed by atoms with Gasteiger partial charge in [0.1, 0.15) is 5.75 Å². The Bertz CT molecular complexity index is 887. The molecular formula is C23H30N4O3. The van der Waals surface area contributed by atoms with Crippen LogP contribution in [0.5, 0.6) is 17.2 Å². The molecule has 0 spiro atoms. The number of fused-ring (bicyclic) bond motifs is 1. The summed E-state index contributed by atoms with van der Waals surface area (Å²) in [6.07, 6.45) is 2.06. The second-order valence-electron chi connectivity index (χ2n) is 7.62. The van der Waals surface area contributed by atoms with Gasteiger partial charge in [-0.1, -0.05) is 12.1 Å². The highest BCUT2D eigenvalue weighted by Gasteiger charge is 2.23. The lowest BCUT2D eigenvalue weighted by molar-refractivity contribution is 0.174. The highest BCUT2D eigenvalue weighted by molar-refractivity contribution is 5.79. The molecule has 0 bridgehead atoms. The smallest absolute Gasteiger partial charge is 0.231 e. The van der Waals surface area contributed by atoms with Crippen LogP contribution in [0.4, 0.5) is 5.69 Å². The SMILES string of the molecule is CN=C(NCCc1ccc2c(c1)OCO2)NCC1CCN(c2cccc(OC)c2)C1. The monoisotopic (exact) mass is 410 g/mol. The summed E-state index contributed by atoms with van der Waals surface area (Å²) in [7, 11) is 3.52. The Kier molecular flexibility index (Phi) is 6.47. The summed E-state index contributed by atoms with van der Waals surface area (Å²) in [6, 6.07) is 14.4. The van der Waals surface area contributed by atoms with Gasteiger partial charge >= 0.3 is 0 Å². The lowest BCUT2D eigenvalue weighted by atomic mass is 10.1. The van der Waals surface area contributed by atoms with Crippen LogP contribution >= 0.6 is 0 Å². The fourth-order valence-electron chi connectivity index (χ4n) is 3.92. The highest BCUT2D eigenvalue weighted by Crippen LogP contribution is 2.32. The molecule has 2 N–H and O–H groups in total. The molecule has 0 amide bonds. The summed E-state index contributed by atoms with van der Waals surface area (Å²) in [6.45, 7) is 4.12. The minimum Gasteiger partial charge on any atom is -0.497 e. The van der Waals surface area contributed by atoms with Gasteiger partial charge in [-0.2, -0.15) is 0 Å². The lowest BCUT2D eigenvalue weighted by Gasteiger charge is -2.20. The van der Waals surface area contributed by atoms with Crippen LogP contribution in [0, 0.1) is 5.92 Å². The molecule has 1 unspecified atom stereocenters. The second-order valence-corrected chi connectivity index (χ2v) is 7.62. The van der Waals surface area contributed by atoms with Crippen LogP contribution in [0.25, 0.3) is 0 Å². The number of hydrogen-bond acceptors (Lipinski definition) is 5. The van der Waals surface area contributed by atoms with Gasteiger partial charge in [-0.3, -0.25) is 4.99 Å². The summed E-state index contributed by atoms with van der Waals surface area (Å²) in [5, 5.41) is 6.88. The first-order chi connectivity index (χ1) is 14.7. The summed E-state index contributed by atoms with van der Waals surface area (Å²) < 4.78 is 16.2. The number of ether oxygens (including phenoxy) is 3. The Labute approximate surface area is 178 Å². The van der Waals surface area contributed by atoms with Gasteiger partial charge in [0.05, 0.1) is 7.11 Å². The Hall–Kier alpha value is -3.09. The van der Waals surface area contributed by atoms with Gasteiger partial charge < -0.3 is 29.7 Å². The number of aliphatic imine (C=N–C) groups is 1. The van der Waals surface area contributed by atoms with Crippen LogP contribution in [0.3, 0.4) is 0 Å². The van der Waals surface area contributed by atoms with Crippen molar-refractivity contribution in [3.05, 3.63) is 48.0 Å². The first-order valence-electron chi connectivity index (χ1n) is 10.5. The molecule has 0 aliphatic carbocycles. The van der Waals surface area contributed by atoms with Gasteiger partial charge in [-0.05, 0) is 48.6 Å². The van der Waals surface area contributed by atoms with E-state index in [1.165, 1.54) is 17.7 Å². The maximum absolute atomic E-state index is 5.45. The molecule has 7 nitrogen and oxygen atoms in total. The zero-order chi connectivity index (χ0) is 20.8. The van der Waals surface area contributed by atoms with Gasteiger partial charge in [-0.15, -0.1) is 0 Å². The predicted octanol–water partition coefficient (Wildman–Crippen LogP) is 2.66. The first-order valence-corrected chi connectivity index (χ1v) is 10.5. The van der Waals surface area contributed by atoms with E-state index >= 15 is 0 Å². The Morgan fingerprint density at radius 2 is 2.07 bits per heavy atom. The van der Waals surface area contributed by atoms with Crippen molar-refractivity contribution in [2.24, 2.45) is 10.9 Å². The summed E-state index contributed by atoms with van der Waals surface area (Å²) in [4.78, 5) is 6.78. The van der Waals surface area contributed by atoms with Crippen molar-refractivity contribution in [2.75, 3.05) is 52.0 Å². The zero-order valence-electron chi connectivity index (χ0n) is 17.7. The molecule has 2 aliphatic rings. The van der Waals surface area contributed by atoms with E-state index in [0.717, 1.165) is 55.8 Å². The summed E-state index contributed by atoms with van der Waals surface area (Å²) in [5.41, 5.74) is 2.44. The normalized spacial score (nSPS) is 17.9. The summed E-state index contributed by atoms with van der Waals surface area (Å²) in [5.74, 6) is 3.99. The molecule has 160 valence electrons. The Morgan fingerprint density at radius 1 is 1.17 bits per heavy atom. The molecule has 2 heterocycles. The van der Waals surface area contributed by atoms with Crippen LogP contribution < -0.4 is 29.7 Å². The van der Waals surface area contributed by atoms with Crippen LogP contribution in [-0.4, -0.2) is 53.1 Å². The van der Waals surface area contributed by atoms with E-state index in [1.807, 2.05) is 31.3 Å². The molecule has 0 aromatic heterocycles. The van der Waals surface area contributed by atoms with Gasteiger partial charge in [-0.25, -0.2) is 0 Å². The van der Waals surface area contributed by atoms with E-state index in [0.29, 0.717) is 12.7 Å². The molecule has 2 aromatic rings. The van der Waals surface area contributed by atoms with Crippen molar-refractivity contribution in [2.45, 2.75) is 12.8 Å². The number of anilines is 1. The molecule has 0 saturated carbocycles. The Balaban J connectivity index is 1.20. The van der Waals surface area contributed by atoms with Crippen LogP contribution in [0.1, 0.15) is 12.0 Å². The number of benzene rings is 2. The molecule has 30 heavy (non-hydrogen) atoms. The third-order valence-corrected chi connectivity index (χ3v) is 5.63. The van der Waals surface area contributed by atoms with E-state index in [9.17, 15) is 0 Å². The number of hydrogen-bond donors (Lipinski definition) is 2. The van der Waals surface area contributed by atoms with E-state index in [-0.39, 0.29) is 0 Å². The van der Waals surface area contributed by atoms with Crippen molar-refractivity contribution in [1.82, 2.24) is 10.6 Å².